The Labute approximate surface area is 116 Å². The van der Waals surface area contributed by atoms with Crippen molar-refractivity contribution in [1.82, 2.24) is 5.32 Å². The second kappa shape index (κ2) is 11.2. The van der Waals surface area contributed by atoms with E-state index in [0.29, 0.717) is 45.4 Å². The normalized spacial score (nSPS) is 17.1. The zero-order valence-corrected chi connectivity index (χ0v) is 11.9. The van der Waals surface area contributed by atoms with Crippen LogP contribution in [-0.4, -0.2) is 44.9 Å². The fourth-order valence-corrected chi connectivity index (χ4v) is 2.29. The van der Waals surface area contributed by atoms with Gasteiger partial charge in [-0.3, -0.25) is 4.79 Å². The lowest BCUT2D eigenvalue weighted by Crippen LogP contribution is -2.34. The van der Waals surface area contributed by atoms with Gasteiger partial charge in [-0.25, -0.2) is 0 Å². The molecule has 19 heavy (non-hydrogen) atoms. The first-order valence-corrected chi connectivity index (χ1v) is 7.48. The molecule has 0 atom stereocenters. The van der Waals surface area contributed by atoms with Crippen LogP contribution in [-0.2, 0) is 14.3 Å². The second-order valence-electron chi connectivity index (χ2n) is 5.02. The molecule has 1 aliphatic rings. The number of rotatable bonds is 9. The van der Waals surface area contributed by atoms with Crippen molar-refractivity contribution in [1.29, 1.82) is 0 Å². The molecule has 1 aliphatic carbocycles. The summed E-state index contributed by atoms with van der Waals surface area (Å²) in [6.07, 6.45) is 7.77. The Morgan fingerprint density at radius 2 is 1.63 bits per heavy atom. The minimum absolute atomic E-state index is 0.106. The van der Waals surface area contributed by atoms with Crippen molar-refractivity contribution in [3.63, 3.8) is 0 Å². The maximum Gasteiger partial charge on any atom is 0.222 e. The van der Waals surface area contributed by atoms with Crippen LogP contribution in [0.5, 0.6) is 0 Å². The summed E-state index contributed by atoms with van der Waals surface area (Å²) in [4.78, 5) is 11.7. The van der Waals surface area contributed by atoms with Crippen LogP contribution in [0.3, 0.4) is 0 Å². The molecule has 0 unspecified atom stereocenters. The Hall–Kier alpha value is -0.650. The van der Waals surface area contributed by atoms with Crippen molar-refractivity contribution < 1.29 is 14.3 Å². The molecule has 0 radical (unpaired) electrons. The van der Waals surface area contributed by atoms with E-state index >= 15 is 0 Å². The number of carbonyl (C=O) groups excluding carboxylic acids is 1. The SMILES string of the molecule is NCCOCCOCCC(=O)NC1CCCCCC1. The van der Waals surface area contributed by atoms with E-state index in [1.54, 1.807) is 0 Å². The fourth-order valence-electron chi connectivity index (χ4n) is 2.29. The highest BCUT2D eigenvalue weighted by atomic mass is 16.5. The van der Waals surface area contributed by atoms with Crippen LogP contribution in [0, 0.1) is 0 Å². The highest BCUT2D eigenvalue weighted by molar-refractivity contribution is 5.76. The van der Waals surface area contributed by atoms with Gasteiger partial charge in [0.25, 0.3) is 0 Å². The monoisotopic (exact) mass is 272 g/mol. The van der Waals surface area contributed by atoms with E-state index in [9.17, 15) is 4.79 Å². The smallest absolute Gasteiger partial charge is 0.222 e. The van der Waals surface area contributed by atoms with Crippen molar-refractivity contribution in [2.24, 2.45) is 5.73 Å². The molecule has 0 aromatic rings. The summed E-state index contributed by atoms with van der Waals surface area (Å²) in [6.45, 7) is 2.62. The Morgan fingerprint density at radius 1 is 1.00 bits per heavy atom. The molecule has 1 saturated carbocycles. The first kappa shape index (κ1) is 16.4. The Morgan fingerprint density at radius 3 is 2.26 bits per heavy atom. The summed E-state index contributed by atoms with van der Waals surface area (Å²) >= 11 is 0. The number of nitrogens with two attached hydrogens (primary N) is 1. The first-order valence-electron chi connectivity index (χ1n) is 7.48. The molecule has 1 fully saturated rings. The molecule has 0 aromatic carbocycles. The van der Waals surface area contributed by atoms with Gasteiger partial charge in [-0.05, 0) is 12.8 Å². The predicted octanol–water partition coefficient (Wildman–Crippen LogP) is 1.21. The van der Waals surface area contributed by atoms with Crippen molar-refractivity contribution in [3.8, 4) is 0 Å². The molecule has 0 spiro atoms. The maximum absolute atomic E-state index is 11.7. The molecule has 3 N–H and O–H groups in total. The number of ether oxygens (including phenoxy) is 2. The lowest BCUT2D eigenvalue weighted by Gasteiger charge is -2.16. The standard InChI is InChI=1S/C14H28N2O3/c15-8-10-19-12-11-18-9-7-14(17)16-13-5-3-1-2-4-6-13/h13H,1-12,15H2,(H,16,17). The van der Waals surface area contributed by atoms with Crippen LogP contribution in [0.1, 0.15) is 44.9 Å². The van der Waals surface area contributed by atoms with Gasteiger partial charge in [-0.2, -0.15) is 0 Å². The van der Waals surface area contributed by atoms with Crippen LogP contribution in [0.4, 0.5) is 0 Å². The van der Waals surface area contributed by atoms with Gasteiger partial charge in [-0.15, -0.1) is 0 Å². The first-order chi connectivity index (χ1) is 9.33. The van der Waals surface area contributed by atoms with Gasteiger partial charge in [0, 0.05) is 19.0 Å². The third-order valence-electron chi connectivity index (χ3n) is 3.33. The summed E-state index contributed by atoms with van der Waals surface area (Å²) in [7, 11) is 0. The van der Waals surface area contributed by atoms with Crippen molar-refractivity contribution in [3.05, 3.63) is 0 Å². The number of hydrogen-bond acceptors (Lipinski definition) is 4. The Balaban J connectivity index is 1.95. The summed E-state index contributed by atoms with van der Waals surface area (Å²) in [5.74, 6) is 0.106. The van der Waals surface area contributed by atoms with Gasteiger partial charge in [0.1, 0.15) is 0 Å². The summed E-state index contributed by atoms with van der Waals surface area (Å²) in [5, 5.41) is 3.10. The van der Waals surface area contributed by atoms with Gasteiger partial charge >= 0.3 is 0 Å². The fraction of sp³-hybridized carbons (Fsp3) is 0.929. The van der Waals surface area contributed by atoms with E-state index in [2.05, 4.69) is 5.32 Å². The topological polar surface area (TPSA) is 73.6 Å². The number of carbonyl (C=O) groups is 1. The number of nitrogens with one attached hydrogen (secondary N) is 1. The predicted molar refractivity (Wildman–Crippen MR) is 74.9 cm³/mol. The minimum atomic E-state index is 0.106. The molecular weight excluding hydrogens is 244 g/mol. The zero-order valence-electron chi connectivity index (χ0n) is 11.9. The molecule has 5 heteroatoms. The average Bonchev–Trinajstić information content (AvgIpc) is 2.66. The molecule has 112 valence electrons. The quantitative estimate of drug-likeness (QED) is 0.489. The summed E-state index contributed by atoms with van der Waals surface area (Å²) in [6, 6.07) is 0.378. The van der Waals surface area contributed by atoms with Crippen molar-refractivity contribution >= 4 is 5.91 Å². The summed E-state index contributed by atoms with van der Waals surface area (Å²) < 4.78 is 10.5. The third-order valence-corrected chi connectivity index (χ3v) is 3.33. The highest BCUT2D eigenvalue weighted by Gasteiger charge is 2.14. The van der Waals surface area contributed by atoms with Crippen LogP contribution >= 0.6 is 0 Å². The maximum atomic E-state index is 11.7. The molecule has 1 amide bonds. The van der Waals surface area contributed by atoms with E-state index in [1.165, 1.54) is 25.7 Å². The number of hydrogen-bond donors (Lipinski definition) is 2. The zero-order chi connectivity index (χ0) is 13.8. The van der Waals surface area contributed by atoms with Crippen molar-refractivity contribution in [2.75, 3.05) is 33.0 Å². The highest BCUT2D eigenvalue weighted by Crippen LogP contribution is 2.17. The third kappa shape index (κ3) is 8.97. The van der Waals surface area contributed by atoms with Crippen LogP contribution in [0.25, 0.3) is 0 Å². The number of amides is 1. The minimum Gasteiger partial charge on any atom is -0.379 e. The molecule has 0 bridgehead atoms. The second-order valence-corrected chi connectivity index (χ2v) is 5.02. The lowest BCUT2D eigenvalue weighted by molar-refractivity contribution is -0.123. The summed E-state index contributed by atoms with van der Waals surface area (Å²) in [5.41, 5.74) is 5.29. The molecule has 1 rings (SSSR count). The van der Waals surface area contributed by atoms with E-state index in [-0.39, 0.29) is 5.91 Å². The van der Waals surface area contributed by atoms with Gasteiger partial charge in [0.05, 0.1) is 26.4 Å². The van der Waals surface area contributed by atoms with E-state index in [0.717, 1.165) is 12.8 Å². The van der Waals surface area contributed by atoms with Crippen LogP contribution in [0.2, 0.25) is 0 Å². The van der Waals surface area contributed by atoms with Gasteiger partial charge in [-0.1, -0.05) is 25.7 Å². The van der Waals surface area contributed by atoms with E-state index in [4.69, 9.17) is 15.2 Å². The molecule has 0 saturated heterocycles. The van der Waals surface area contributed by atoms with Crippen molar-refractivity contribution in [2.45, 2.75) is 51.0 Å². The Kier molecular flexibility index (Phi) is 9.67. The molecule has 0 aliphatic heterocycles. The van der Waals surface area contributed by atoms with E-state index < -0.39 is 0 Å². The molecule has 5 nitrogen and oxygen atoms in total. The molecule has 0 aromatic heterocycles. The Bertz CT molecular complexity index is 229. The lowest BCUT2D eigenvalue weighted by atomic mass is 10.1. The largest absolute Gasteiger partial charge is 0.379 e. The van der Waals surface area contributed by atoms with E-state index in [1.807, 2.05) is 0 Å². The van der Waals surface area contributed by atoms with Gasteiger partial charge in [0.15, 0.2) is 0 Å². The van der Waals surface area contributed by atoms with Gasteiger partial charge in [0.2, 0.25) is 5.91 Å². The van der Waals surface area contributed by atoms with Crippen LogP contribution < -0.4 is 11.1 Å². The van der Waals surface area contributed by atoms with Crippen LogP contribution in [0.15, 0.2) is 0 Å². The molecular formula is C14H28N2O3. The molecule has 0 heterocycles. The van der Waals surface area contributed by atoms with Gasteiger partial charge < -0.3 is 20.5 Å². The average molecular weight is 272 g/mol.